The summed E-state index contributed by atoms with van der Waals surface area (Å²) in [6, 6.07) is 15.6. The number of benzene rings is 4. The van der Waals surface area contributed by atoms with E-state index in [1.54, 1.807) is 18.2 Å². The minimum Gasteiger partial charge on any atom is -0.871 e. The van der Waals surface area contributed by atoms with Gasteiger partial charge in [0.2, 0.25) is 0 Å². The summed E-state index contributed by atoms with van der Waals surface area (Å²) in [7, 11) is -9.31. The predicted octanol–water partition coefficient (Wildman–Crippen LogP) is -2.42. The molecule has 4 aromatic carbocycles. The first-order chi connectivity index (χ1) is 15.0. The molecule has 1 N–H and O–H groups in total. The molecule has 0 unspecified atom stereocenters. The molecule has 0 radical (unpaired) electrons. The molecule has 0 spiro atoms. The van der Waals surface area contributed by atoms with Crippen LogP contribution in [0.15, 0.2) is 81.9 Å². The van der Waals surface area contributed by atoms with E-state index in [9.17, 15) is 26.5 Å². The average molecular weight is 518 g/mol. The van der Waals surface area contributed by atoms with Gasteiger partial charge >= 0.3 is 69.5 Å². The Hall–Kier alpha value is -1.58. The Morgan fingerprint density at radius 2 is 1.38 bits per heavy atom. The van der Waals surface area contributed by atoms with E-state index in [1.165, 1.54) is 48.5 Å². The van der Waals surface area contributed by atoms with Crippen LogP contribution in [0.1, 0.15) is 0 Å². The Kier molecular flexibility index (Phi) is 9.27. The van der Waals surface area contributed by atoms with Crippen LogP contribution in [0.25, 0.3) is 21.5 Å². The maximum atomic E-state index is 12.7. The van der Waals surface area contributed by atoms with Crippen molar-refractivity contribution < 1.29 is 94.3 Å². The van der Waals surface area contributed by atoms with E-state index in [1.807, 2.05) is 0 Å². The van der Waals surface area contributed by atoms with Gasteiger partial charge in [-0.25, -0.2) is 8.42 Å². The van der Waals surface area contributed by atoms with Gasteiger partial charge in [-0.1, -0.05) is 30.0 Å². The molecular formula is C20H12N2Na2O8S2. The van der Waals surface area contributed by atoms with Crippen molar-refractivity contribution in [2.24, 2.45) is 10.2 Å². The molecule has 4 rings (SSSR count). The quantitative estimate of drug-likeness (QED) is 0.173. The average Bonchev–Trinajstić information content (AvgIpc) is 2.71. The summed E-state index contributed by atoms with van der Waals surface area (Å²) in [5.74, 6) is -0.765. The Labute approximate surface area is 238 Å². The van der Waals surface area contributed by atoms with Crippen molar-refractivity contribution in [2.45, 2.75) is 4.90 Å². The smallest absolute Gasteiger partial charge is 0.871 e. The summed E-state index contributed by atoms with van der Waals surface area (Å²) in [5.41, 5.74) is 0.354. The van der Waals surface area contributed by atoms with E-state index in [2.05, 4.69) is 14.4 Å². The van der Waals surface area contributed by atoms with Crippen molar-refractivity contribution in [1.82, 2.24) is 0 Å². The maximum absolute atomic E-state index is 12.7. The van der Waals surface area contributed by atoms with Gasteiger partial charge in [0.05, 0.1) is 16.3 Å². The van der Waals surface area contributed by atoms with Crippen LogP contribution in [0, 0.1) is 0 Å². The molecule has 0 atom stereocenters. The maximum Gasteiger partial charge on any atom is 1.00 e. The third-order valence-electron chi connectivity index (χ3n) is 4.48. The Morgan fingerprint density at radius 3 is 2.06 bits per heavy atom. The summed E-state index contributed by atoms with van der Waals surface area (Å²) >= 11 is 0. The Bertz CT molecular complexity index is 1630. The molecule has 0 aliphatic heterocycles. The van der Waals surface area contributed by atoms with E-state index in [0.717, 1.165) is 0 Å². The zero-order chi connectivity index (χ0) is 23.1. The third kappa shape index (κ3) is 6.76. The first-order valence-corrected chi connectivity index (χ1v) is 11.6. The summed E-state index contributed by atoms with van der Waals surface area (Å²) < 4.78 is 68.4. The topological polar surface area (TPSA) is 169 Å². The second-order valence-electron chi connectivity index (χ2n) is 6.66. The van der Waals surface area contributed by atoms with Crippen molar-refractivity contribution in [3.8, 4) is 11.5 Å². The Balaban J connectivity index is 0.00000204. The van der Waals surface area contributed by atoms with Crippen molar-refractivity contribution in [1.29, 1.82) is 0 Å². The van der Waals surface area contributed by atoms with Gasteiger partial charge in [0.15, 0.2) is 0 Å². The van der Waals surface area contributed by atoms with Crippen molar-refractivity contribution >= 4 is 53.4 Å². The van der Waals surface area contributed by atoms with Crippen LogP contribution in [-0.4, -0.2) is 25.9 Å². The zero-order valence-corrected chi connectivity index (χ0v) is 23.5. The van der Waals surface area contributed by atoms with E-state index in [-0.39, 0.29) is 80.8 Å². The van der Waals surface area contributed by atoms with Gasteiger partial charge in [0.25, 0.3) is 0 Å². The predicted molar refractivity (Wildman–Crippen MR) is 112 cm³/mol. The second-order valence-corrected chi connectivity index (χ2v) is 9.06. The molecular weight excluding hydrogens is 506 g/mol. The number of nitrogens with zero attached hydrogens (tertiary/aromatic N) is 2. The van der Waals surface area contributed by atoms with Gasteiger partial charge in [-0.15, -0.1) is 0 Å². The molecule has 14 heteroatoms. The molecule has 0 aliphatic carbocycles. The summed E-state index contributed by atoms with van der Waals surface area (Å²) in [4.78, 5) is -0.344. The van der Waals surface area contributed by atoms with E-state index >= 15 is 0 Å². The zero-order valence-electron chi connectivity index (χ0n) is 17.9. The van der Waals surface area contributed by atoms with Crippen molar-refractivity contribution in [3.63, 3.8) is 0 Å². The molecule has 34 heavy (non-hydrogen) atoms. The molecule has 0 aromatic heterocycles. The van der Waals surface area contributed by atoms with E-state index in [0.29, 0.717) is 21.8 Å². The minimum absolute atomic E-state index is 0. The number of azo groups is 1. The first-order valence-electron chi connectivity index (χ1n) is 8.82. The van der Waals surface area contributed by atoms with Crippen LogP contribution in [0.2, 0.25) is 0 Å². The fraction of sp³-hybridized carbons (Fsp3) is 0. The second kappa shape index (κ2) is 11.0. The van der Waals surface area contributed by atoms with Gasteiger partial charge in [-0.2, -0.15) is 18.6 Å². The van der Waals surface area contributed by atoms with E-state index in [4.69, 9.17) is 4.55 Å². The third-order valence-corrected chi connectivity index (χ3v) is 5.72. The Morgan fingerprint density at radius 1 is 0.765 bits per heavy atom. The molecule has 0 aliphatic rings. The van der Waals surface area contributed by atoms with Crippen LogP contribution in [-0.2, 0) is 20.5 Å². The fourth-order valence-corrected chi connectivity index (χ4v) is 3.91. The summed E-state index contributed by atoms with van der Waals surface area (Å²) in [6.07, 6.45) is 0. The number of hydrogen-bond donors (Lipinski definition) is 1. The molecule has 0 heterocycles. The van der Waals surface area contributed by atoms with Crippen molar-refractivity contribution in [3.05, 3.63) is 66.7 Å². The van der Waals surface area contributed by atoms with Crippen LogP contribution in [0.5, 0.6) is 11.5 Å². The van der Waals surface area contributed by atoms with Gasteiger partial charge in [-0.05, 0) is 64.0 Å². The molecule has 0 fully saturated rings. The summed E-state index contributed by atoms with van der Waals surface area (Å²) in [6.45, 7) is 0. The molecule has 4 aromatic rings. The number of hydrogen-bond acceptors (Lipinski definition) is 9. The monoisotopic (exact) mass is 518 g/mol. The van der Waals surface area contributed by atoms with Crippen LogP contribution >= 0.6 is 0 Å². The van der Waals surface area contributed by atoms with Crippen LogP contribution in [0.4, 0.5) is 11.4 Å². The SMILES string of the molecule is O=S(=O)(O)Oc1ccc2ccc(N=Nc3ccc4cc(S(=O)(=O)[O-])ccc4c3)c([O-])c2c1.[Na+].[Na+]. The van der Waals surface area contributed by atoms with Crippen molar-refractivity contribution in [2.75, 3.05) is 0 Å². The normalized spacial score (nSPS) is 11.8. The number of fused-ring (bicyclic) bond motifs is 2. The van der Waals surface area contributed by atoms with Crippen LogP contribution < -0.4 is 68.4 Å². The molecule has 0 saturated heterocycles. The van der Waals surface area contributed by atoms with E-state index < -0.39 is 26.3 Å². The molecule has 0 amide bonds. The standard InChI is InChI=1S/C20H14N2O8S2.2Na/c23-20-18-11-16(30-32(27,28)29)6-2-12(18)4-8-19(20)22-21-15-5-1-14-10-17(31(24,25)26)7-3-13(14)9-15;;/h1-11,23H,(H,24,25,26)(H,27,28,29);;/q;2*+1/p-2. The van der Waals surface area contributed by atoms with Gasteiger partial charge in [0, 0.05) is 0 Å². The summed E-state index contributed by atoms with van der Waals surface area (Å²) in [5, 5.41) is 22.4. The van der Waals surface area contributed by atoms with Gasteiger partial charge in [-0.3, -0.25) is 4.55 Å². The largest absolute Gasteiger partial charge is 1.00 e. The minimum atomic E-state index is -4.74. The molecule has 164 valence electrons. The van der Waals surface area contributed by atoms with Gasteiger partial charge in [0.1, 0.15) is 15.9 Å². The number of rotatable bonds is 5. The van der Waals surface area contributed by atoms with Crippen LogP contribution in [0.3, 0.4) is 0 Å². The molecule has 10 nitrogen and oxygen atoms in total. The molecule has 0 bridgehead atoms. The van der Waals surface area contributed by atoms with Gasteiger partial charge < -0.3 is 13.8 Å². The first kappa shape index (κ1) is 28.7. The fourth-order valence-electron chi connectivity index (χ4n) is 3.05. The molecule has 0 saturated carbocycles.